The van der Waals surface area contributed by atoms with Crippen LogP contribution in [0.2, 0.25) is 0 Å². The van der Waals surface area contributed by atoms with E-state index in [9.17, 15) is 9.18 Å². The highest BCUT2D eigenvalue weighted by atomic mass is 32.2. The Kier molecular flexibility index (Phi) is 6.13. The van der Waals surface area contributed by atoms with Gasteiger partial charge in [0.2, 0.25) is 11.1 Å². The standard InChI is InChI=1S/C19H14FN5OS3/c20-13-5-3-12(4-6-13)15-10-28-18(21-15)23-17(26)11-29-19-22-16(24-25-19)8-7-14-2-1-9-27-14/h1-10H,11H2,(H,21,23,26)(H,22,24,25)/b8-7+. The van der Waals surface area contributed by atoms with Crippen LogP contribution in [0.4, 0.5) is 9.52 Å². The molecule has 0 saturated heterocycles. The van der Waals surface area contributed by atoms with Gasteiger partial charge in [0, 0.05) is 15.8 Å². The van der Waals surface area contributed by atoms with Crippen LogP contribution in [0.25, 0.3) is 23.4 Å². The number of carbonyl (C=O) groups is 1. The van der Waals surface area contributed by atoms with Crippen molar-refractivity contribution in [3.63, 3.8) is 0 Å². The average Bonchev–Trinajstić information content (AvgIpc) is 3.47. The Morgan fingerprint density at radius 1 is 1.17 bits per heavy atom. The molecular weight excluding hydrogens is 429 g/mol. The maximum atomic E-state index is 13.0. The van der Waals surface area contributed by atoms with Gasteiger partial charge in [0.05, 0.1) is 11.4 Å². The van der Waals surface area contributed by atoms with Crippen LogP contribution in [-0.4, -0.2) is 31.8 Å². The quantitative estimate of drug-likeness (QED) is 0.392. The molecule has 0 bridgehead atoms. The third kappa shape index (κ3) is 5.37. The van der Waals surface area contributed by atoms with Crippen molar-refractivity contribution in [2.24, 2.45) is 0 Å². The van der Waals surface area contributed by atoms with Gasteiger partial charge in [0.1, 0.15) is 11.6 Å². The maximum Gasteiger partial charge on any atom is 0.236 e. The number of thioether (sulfide) groups is 1. The number of benzene rings is 1. The van der Waals surface area contributed by atoms with Crippen molar-refractivity contribution < 1.29 is 9.18 Å². The lowest BCUT2D eigenvalue weighted by Crippen LogP contribution is -2.13. The summed E-state index contributed by atoms with van der Waals surface area (Å²) in [5.41, 5.74) is 1.48. The van der Waals surface area contributed by atoms with Crippen LogP contribution in [0.3, 0.4) is 0 Å². The summed E-state index contributed by atoms with van der Waals surface area (Å²) in [6.45, 7) is 0. The van der Waals surface area contributed by atoms with Crippen molar-refractivity contribution in [3.8, 4) is 11.3 Å². The molecular formula is C19H14FN5OS3. The van der Waals surface area contributed by atoms with Crippen molar-refractivity contribution in [2.75, 3.05) is 11.1 Å². The van der Waals surface area contributed by atoms with E-state index < -0.39 is 0 Å². The molecule has 0 spiro atoms. The molecule has 0 saturated carbocycles. The van der Waals surface area contributed by atoms with Gasteiger partial charge in [-0.05, 0) is 47.9 Å². The molecule has 3 heterocycles. The van der Waals surface area contributed by atoms with Gasteiger partial charge in [-0.3, -0.25) is 9.89 Å². The highest BCUT2D eigenvalue weighted by Crippen LogP contribution is 2.25. The monoisotopic (exact) mass is 443 g/mol. The van der Waals surface area contributed by atoms with Crippen LogP contribution >= 0.6 is 34.4 Å². The van der Waals surface area contributed by atoms with Crippen molar-refractivity contribution in [1.29, 1.82) is 0 Å². The molecule has 1 amide bonds. The van der Waals surface area contributed by atoms with E-state index in [0.717, 1.165) is 10.4 Å². The number of aromatic nitrogens is 4. The van der Waals surface area contributed by atoms with Crippen LogP contribution in [-0.2, 0) is 4.79 Å². The summed E-state index contributed by atoms with van der Waals surface area (Å²) in [6, 6.07) is 10.1. The summed E-state index contributed by atoms with van der Waals surface area (Å²) in [7, 11) is 0. The third-order valence-corrected chi connectivity index (χ3v) is 6.10. The molecule has 3 aromatic heterocycles. The summed E-state index contributed by atoms with van der Waals surface area (Å²) >= 11 is 4.19. The largest absolute Gasteiger partial charge is 0.301 e. The molecule has 10 heteroatoms. The van der Waals surface area contributed by atoms with Gasteiger partial charge in [-0.15, -0.1) is 27.8 Å². The summed E-state index contributed by atoms with van der Waals surface area (Å²) in [6.07, 6.45) is 3.79. The van der Waals surface area contributed by atoms with Gasteiger partial charge in [-0.25, -0.2) is 14.4 Å². The Bertz CT molecular complexity index is 1120. The fraction of sp³-hybridized carbons (Fsp3) is 0.0526. The second-order valence-corrected chi connectivity index (χ2v) is 8.51. The Morgan fingerprint density at radius 2 is 2.03 bits per heavy atom. The number of anilines is 1. The molecule has 4 rings (SSSR count). The van der Waals surface area contributed by atoms with Gasteiger partial charge in [-0.2, -0.15) is 0 Å². The molecule has 0 aliphatic rings. The number of aromatic amines is 1. The topological polar surface area (TPSA) is 83.6 Å². The Morgan fingerprint density at radius 3 is 2.83 bits per heavy atom. The second kappa shape index (κ2) is 9.12. The van der Waals surface area contributed by atoms with Crippen LogP contribution in [0.15, 0.2) is 52.3 Å². The van der Waals surface area contributed by atoms with E-state index >= 15 is 0 Å². The van der Waals surface area contributed by atoms with E-state index in [1.807, 2.05) is 35.0 Å². The predicted octanol–water partition coefficient (Wildman–Crippen LogP) is 5.03. The average molecular weight is 444 g/mol. The minimum absolute atomic E-state index is 0.164. The van der Waals surface area contributed by atoms with E-state index in [2.05, 4.69) is 25.5 Å². The minimum atomic E-state index is -0.299. The number of nitrogens with zero attached hydrogens (tertiary/aromatic N) is 3. The number of thiophene rings is 1. The fourth-order valence-electron chi connectivity index (χ4n) is 2.31. The molecule has 0 fully saturated rings. The number of carbonyl (C=O) groups excluding carboxylic acids is 1. The fourth-order valence-corrected chi connectivity index (χ4v) is 4.27. The Balaban J connectivity index is 1.29. The molecule has 0 aliphatic heterocycles. The van der Waals surface area contributed by atoms with Gasteiger partial charge in [0.15, 0.2) is 5.13 Å². The van der Waals surface area contributed by atoms with Crippen LogP contribution in [0, 0.1) is 5.82 Å². The molecule has 4 aromatic rings. The minimum Gasteiger partial charge on any atom is -0.301 e. The van der Waals surface area contributed by atoms with Crippen LogP contribution < -0.4 is 5.32 Å². The van der Waals surface area contributed by atoms with Crippen molar-refractivity contribution >= 4 is 57.6 Å². The van der Waals surface area contributed by atoms with E-state index in [4.69, 9.17) is 0 Å². The number of amides is 1. The zero-order chi connectivity index (χ0) is 20.1. The zero-order valence-corrected chi connectivity index (χ0v) is 17.3. The number of nitrogens with one attached hydrogen (secondary N) is 2. The summed E-state index contributed by atoms with van der Waals surface area (Å²) in [4.78, 5) is 22.0. The zero-order valence-electron chi connectivity index (χ0n) is 14.8. The lowest BCUT2D eigenvalue weighted by atomic mass is 10.2. The predicted molar refractivity (Wildman–Crippen MR) is 116 cm³/mol. The normalized spacial score (nSPS) is 11.2. The number of hydrogen-bond acceptors (Lipinski definition) is 7. The third-order valence-electron chi connectivity index (χ3n) is 3.65. The van der Waals surface area contributed by atoms with Gasteiger partial charge in [0.25, 0.3) is 0 Å². The SMILES string of the molecule is O=C(CSc1n[nH]c(/C=C/c2cccs2)n1)Nc1nc(-c2ccc(F)cc2)cs1. The van der Waals surface area contributed by atoms with E-state index in [0.29, 0.717) is 21.8 Å². The molecule has 0 atom stereocenters. The van der Waals surface area contributed by atoms with Crippen molar-refractivity contribution in [3.05, 3.63) is 63.7 Å². The Labute approximate surface area is 177 Å². The first-order chi connectivity index (χ1) is 14.2. The second-order valence-electron chi connectivity index (χ2n) is 5.73. The first-order valence-electron chi connectivity index (χ1n) is 8.44. The summed E-state index contributed by atoms with van der Waals surface area (Å²) in [5, 5.41) is 14.5. The van der Waals surface area contributed by atoms with Crippen molar-refractivity contribution in [2.45, 2.75) is 5.16 Å². The number of halogens is 1. The van der Waals surface area contributed by atoms with Gasteiger partial charge < -0.3 is 5.32 Å². The molecule has 0 aliphatic carbocycles. The first kappa shape index (κ1) is 19.5. The van der Waals surface area contributed by atoms with Crippen LogP contribution in [0.5, 0.6) is 0 Å². The van der Waals surface area contributed by atoms with E-state index in [-0.39, 0.29) is 17.5 Å². The lowest BCUT2D eigenvalue weighted by Gasteiger charge is -1.99. The lowest BCUT2D eigenvalue weighted by molar-refractivity contribution is -0.113. The smallest absolute Gasteiger partial charge is 0.236 e. The van der Waals surface area contributed by atoms with Gasteiger partial charge in [-0.1, -0.05) is 17.8 Å². The molecule has 6 nitrogen and oxygen atoms in total. The molecule has 146 valence electrons. The van der Waals surface area contributed by atoms with Crippen LogP contribution in [0.1, 0.15) is 10.7 Å². The van der Waals surface area contributed by atoms with E-state index in [1.165, 1.54) is 35.2 Å². The molecule has 2 N–H and O–H groups in total. The molecule has 29 heavy (non-hydrogen) atoms. The Hall–Kier alpha value is -2.82. The molecule has 0 unspecified atom stereocenters. The van der Waals surface area contributed by atoms with Crippen molar-refractivity contribution in [1.82, 2.24) is 20.2 Å². The first-order valence-corrected chi connectivity index (χ1v) is 11.2. The van der Waals surface area contributed by atoms with E-state index in [1.54, 1.807) is 23.5 Å². The number of rotatable bonds is 7. The number of H-pyrrole nitrogens is 1. The highest BCUT2D eigenvalue weighted by molar-refractivity contribution is 7.99. The molecule has 1 aromatic carbocycles. The highest BCUT2D eigenvalue weighted by Gasteiger charge is 2.10. The number of hydrogen-bond donors (Lipinski definition) is 2. The van der Waals surface area contributed by atoms with Gasteiger partial charge >= 0.3 is 0 Å². The molecule has 0 radical (unpaired) electrons. The maximum absolute atomic E-state index is 13.0. The summed E-state index contributed by atoms with van der Waals surface area (Å²) in [5.74, 6) is 0.296. The number of thiazole rings is 1. The summed E-state index contributed by atoms with van der Waals surface area (Å²) < 4.78 is 13.0.